The summed E-state index contributed by atoms with van der Waals surface area (Å²) in [6.07, 6.45) is 0. The number of rotatable bonds is 4. The van der Waals surface area contributed by atoms with Crippen LogP contribution in [0.1, 0.15) is 24.3 Å². The molecule has 0 atom stereocenters. The predicted molar refractivity (Wildman–Crippen MR) is 60.8 cm³/mol. The first-order valence-corrected chi connectivity index (χ1v) is 5.80. The van der Waals surface area contributed by atoms with E-state index < -0.39 is 0 Å². The van der Waals surface area contributed by atoms with Gasteiger partial charge < -0.3 is 5.32 Å². The van der Waals surface area contributed by atoms with E-state index in [9.17, 15) is 0 Å². The Bertz CT molecular complexity index is 268. The zero-order valence-electron chi connectivity index (χ0n) is 8.36. The average Bonchev–Trinajstić information content (AvgIpc) is 2.48. The van der Waals surface area contributed by atoms with Crippen molar-refractivity contribution >= 4 is 22.9 Å². The second-order valence-corrected chi connectivity index (χ2v) is 5.06. The van der Waals surface area contributed by atoms with Crippen molar-refractivity contribution in [2.45, 2.75) is 26.2 Å². The van der Waals surface area contributed by atoms with Gasteiger partial charge in [-0.1, -0.05) is 13.8 Å². The molecule has 1 heterocycles. The molecule has 13 heavy (non-hydrogen) atoms. The Labute approximate surface area is 89.1 Å². The molecule has 1 rings (SSSR count). The molecule has 0 radical (unpaired) electrons. The summed E-state index contributed by atoms with van der Waals surface area (Å²) in [4.78, 5) is 1.45. The molecule has 0 aliphatic carbocycles. The Morgan fingerprint density at radius 3 is 2.69 bits per heavy atom. The van der Waals surface area contributed by atoms with E-state index >= 15 is 0 Å². The first kappa shape index (κ1) is 11.0. The minimum Gasteiger partial charge on any atom is -0.303 e. The van der Waals surface area contributed by atoms with E-state index in [0.29, 0.717) is 6.00 Å². The van der Waals surface area contributed by atoms with Gasteiger partial charge >= 0.3 is 0 Å². The van der Waals surface area contributed by atoms with Crippen LogP contribution in [0.3, 0.4) is 0 Å². The van der Waals surface area contributed by atoms with Gasteiger partial charge in [0, 0.05) is 16.8 Å². The summed E-state index contributed by atoms with van der Waals surface area (Å²) in [5, 5.41) is 5.32. The highest BCUT2D eigenvalue weighted by Crippen LogP contribution is 2.30. The van der Waals surface area contributed by atoms with Crippen LogP contribution in [0.25, 0.3) is 0 Å². The highest BCUT2D eigenvalue weighted by atomic mass is 35.5. The van der Waals surface area contributed by atoms with Gasteiger partial charge in [-0.2, -0.15) is 0 Å². The summed E-state index contributed by atoms with van der Waals surface area (Å²) in [5.41, 5.74) is 1.57. The first-order valence-electron chi connectivity index (χ1n) is 4.39. The fourth-order valence-corrected chi connectivity index (χ4v) is 2.65. The maximum Gasteiger partial charge on any atom is 0.0713 e. The minimum absolute atomic E-state index is 0.188. The molecule has 3 heteroatoms. The molecule has 0 spiro atoms. The van der Waals surface area contributed by atoms with Crippen molar-refractivity contribution in [2.24, 2.45) is 0 Å². The van der Waals surface area contributed by atoms with E-state index in [-0.39, 0.29) is 5.41 Å². The van der Waals surface area contributed by atoms with E-state index in [4.69, 9.17) is 11.6 Å². The average molecular weight is 218 g/mol. The van der Waals surface area contributed by atoms with E-state index in [1.807, 2.05) is 11.3 Å². The number of alkyl halides is 1. The van der Waals surface area contributed by atoms with E-state index in [2.05, 4.69) is 37.5 Å². The van der Waals surface area contributed by atoms with Crippen molar-refractivity contribution in [3.05, 3.63) is 21.9 Å². The second kappa shape index (κ2) is 4.45. The van der Waals surface area contributed by atoms with Crippen LogP contribution in [-0.2, 0) is 5.41 Å². The van der Waals surface area contributed by atoms with Crippen molar-refractivity contribution in [3.63, 3.8) is 0 Å². The molecule has 1 aromatic heterocycles. The molecule has 0 aliphatic rings. The van der Waals surface area contributed by atoms with Crippen LogP contribution in [-0.4, -0.2) is 12.5 Å². The number of thiophene rings is 1. The molecule has 1 nitrogen and oxygen atoms in total. The highest BCUT2D eigenvalue weighted by molar-refractivity contribution is 7.10. The van der Waals surface area contributed by atoms with Crippen molar-refractivity contribution in [3.8, 4) is 0 Å². The minimum atomic E-state index is 0.188. The van der Waals surface area contributed by atoms with Crippen LogP contribution in [0.2, 0.25) is 0 Å². The standard InChI is InChI=1S/C10H16ClNS/c1-8-4-5-13-9(8)10(2,3)6-12-7-11/h4-5,12H,6-7H2,1-3H3. The number of halogens is 1. The molecule has 0 unspecified atom stereocenters. The zero-order valence-corrected chi connectivity index (χ0v) is 9.93. The van der Waals surface area contributed by atoms with Crippen LogP contribution in [0.15, 0.2) is 11.4 Å². The van der Waals surface area contributed by atoms with Gasteiger partial charge in [0.1, 0.15) is 0 Å². The van der Waals surface area contributed by atoms with Gasteiger partial charge in [-0.3, -0.25) is 0 Å². The molecule has 0 aromatic carbocycles. The lowest BCUT2D eigenvalue weighted by molar-refractivity contribution is 0.496. The zero-order chi connectivity index (χ0) is 9.90. The smallest absolute Gasteiger partial charge is 0.0713 e. The normalized spacial score (nSPS) is 12.0. The van der Waals surface area contributed by atoms with Crippen LogP contribution in [0.4, 0.5) is 0 Å². The van der Waals surface area contributed by atoms with Crippen molar-refractivity contribution < 1.29 is 0 Å². The highest BCUT2D eigenvalue weighted by Gasteiger charge is 2.22. The Morgan fingerprint density at radius 2 is 2.23 bits per heavy atom. The summed E-state index contributed by atoms with van der Waals surface area (Å²) in [7, 11) is 0. The van der Waals surface area contributed by atoms with Gasteiger partial charge in [-0.25, -0.2) is 0 Å². The SMILES string of the molecule is Cc1ccsc1C(C)(C)CNCCl. The van der Waals surface area contributed by atoms with Crippen LogP contribution < -0.4 is 5.32 Å². The Morgan fingerprint density at radius 1 is 1.54 bits per heavy atom. The molecule has 0 aliphatic heterocycles. The molecule has 0 saturated heterocycles. The Kier molecular flexibility index (Phi) is 3.77. The number of hydrogen-bond acceptors (Lipinski definition) is 2. The fraction of sp³-hybridized carbons (Fsp3) is 0.600. The second-order valence-electron chi connectivity index (χ2n) is 3.88. The third-order valence-corrected chi connectivity index (χ3v) is 3.71. The quantitative estimate of drug-likeness (QED) is 0.604. The number of aryl methyl sites for hydroxylation is 1. The summed E-state index contributed by atoms with van der Waals surface area (Å²) in [5.74, 6) is 0. The molecular formula is C10H16ClNS. The van der Waals surface area contributed by atoms with E-state index in [1.54, 1.807) is 0 Å². The summed E-state index contributed by atoms with van der Waals surface area (Å²) in [6, 6.07) is 2.69. The largest absolute Gasteiger partial charge is 0.303 e. The molecular weight excluding hydrogens is 202 g/mol. The topological polar surface area (TPSA) is 12.0 Å². The number of nitrogens with one attached hydrogen (secondary N) is 1. The molecule has 1 aromatic rings. The molecule has 1 N–H and O–H groups in total. The fourth-order valence-electron chi connectivity index (χ4n) is 1.51. The summed E-state index contributed by atoms with van der Waals surface area (Å²) < 4.78 is 0. The van der Waals surface area contributed by atoms with Gasteiger partial charge in [-0.05, 0) is 23.9 Å². The predicted octanol–water partition coefficient (Wildman–Crippen LogP) is 3.12. The van der Waals surface area contributed by atoms with Crippen LogP contribution >= 0.6 is 22.9 Å². The molecule has 0 saturated carbocycles. The third-order valence-electron chi connectivity index (χ3n) is 2.14. The monoisotopic (exact) mass is 217 g/mol. The maximum atomic E-state index is 5.60. The van der Waals surface area contributed by atoms with Gasteiger partial charge in [0.25, 0.3) is 0 Å². The lowest BCUT2D eigenvalue weighted by Gasteiger charge is -2.24. The van der Waals surface area contributed by atoms with Crippen LogP contribution in [0.5, 0.6) is 0 Å². The molecule has 0 fully saturated rings. The lowest BCUT2D eigenvalue weighted by atomic mass is 9.89. The van der Waals surface area contributed by atoms with Crippen molar-refractivity contribution in [1.82, 2.24) is 5.32 Å². The Hall–Kier alpha value is -0.0500. The van der Waals surface area contributed by atoms with Crippen molar-refractivity contribution in [1.29, 1.82) is 0 Å². The Balaban J connectivity index is 2.74. The van der Waals surface area contributed by atoms with Gasteiger partial charge in [0.05, 0.1) is 6.00 Å². The van der Waals surface area contributed by atoms with E-state index in [1.165, 1.54) is 10.4 Å². The molecule has 0 bridgehead atoms. The first-order chi connectivity index (χ1) is 6.08. The summed E-state index contributed by atoms with van der Waals surface area (Å²) >= 11 is 7.42. The lowest BCUT2D eigenvalue weighted by Crippen LogP contribution is -2.32. The van der Waals surface area contributed by atoms with Crippen molar-refractivity contribution in [2.75, 3.05) is 12.5 Å². The maximum absolute atomic E-state index is 5.60. The third kappa shape index (κ3) is 2.70. The van der Waals surface area contributed by atoms with Crippen LogP contribution in [0, 0.1) is 6.92 Å². The molecule has 74 valence electrons. The van der Waals surface area contributed by atoms with E-state index in [0.717, 1.165) is 6.54 Å². The van der Waals surface area contributed by atoms with Gasteiger partial charge in [0.15, 0.2) is 0 Å². The van der Waals surface area contributed by atoms with Gasteiger partial charge in [-0.15, -0.1) is 22.9 Å². The number of hydrogen-bond donors (Lipinski definition) is 1. The molecule has 0 amide bonds. The van der Waals surface area contributed by atoms with Gasteiger partial charge in [0.2, 0.25) is 0 Å². The summed E-state index contributed by atoms with van der Waals surface area (Å²) in [6.45, 7) is 7.57.